The molecule has 1 N–H and O–H groups in total. The first kappa shape index (κ1) is 49.2. The maximum absolute atomic E-state index is 13.8. The van der Waals surface area contributed by atoms with Gasteiger partial charge in [0.1, 0.15) is 22.9 Å². The average Bonchev–Trinajstić information content (AvgIpc) is 3.14. The third kappa shape index (κ3) is 14.5. The summed E-state index contributed by atoms with van der Waals surface area (Å²) < 4.78 is 13.0. The number of Topliss-reactive ketones (excluding diaryl/α,β-unsaturated/α-hetero) is 1. The van der Waals surface area contributed by atoms with Crippen molar-refractivity contribution in [3.63, 3.8) is 0 Å². The molecule has 1 aliphatic carbocycles. The lowest BCUT2D eigenvalue weighted by Crippen LogP contribution is -2.37. The van der Waals surface area contributed by atoms with E-state index >= 15 is 0 Å². The molecule has 0 amide bonds. The van der Waals surface area contributed by atoms with Gasteiger partial charge in [0.15, 0.2) is 0 Å². The summed E-state index contributed by atoms with van der Waals surface area (Å²) in [5.41, 5.74) is 8.18. The number of aliphatic hydroxyl groups excluding tert-OH is 1. The van der Waals surface area contributed by atoms with E-state index in [9.17, 15) is 9.59 Å². The highest BCUT2D eigenvalue weighted by molar-refractivity contribution is 5.87. The lowest BCUT2D eigenvalue weighted by molar-refractivity contribution is -0.137. The fraction of sp³-hybridized carbons (Fsp3) is 0.660. The van der Waals surface area contributed by atoms with Crippen molar-refractivity contribution in [2.45, 2.75) is 192 Å². The highest BCUT2D eigenvalue weighted by Crippen LogP contribution is 2.47. The summed E-state index contributed by atoms with van der Waals surface area (Å²) in [7, 11) is 0. The number of aliphatic hydroxyl groups is 1. The minimum atomic E-state index is -0.353. The molecule has 0 aromatic heterocycles. The molecule has 3 rings (SSSR count). The van der Waals surface area contributed by atoms with Gasteiger partial charge < -0.3 is 14.6 Å². The molecule has 0 spiro atoms. The van der Waals surface area contributed by atoms with E-state index in [-0.39, 0.29) is 48.1 Å². The van der Waals surface area contributed by atoms with Crippen molar-refractivity contribution < 1.29 is 24.2 Å². The standard InChI is InChI=1S/C53H82O5/c1-36(2)18-14-19-37(3)20-15-21-38(4)24-17-33-53(13)34-31-45-44(10)50(42(8)43(9)51(45)58-53)57-49(56)30-29-48(55)47-28-26-41(7)46(52(47,11)12)27-25-39(5)22-16-23-40(6)32-35-54/h16,22-23,25,27,32,36-38,47,54H,14-15,17-21,24,26,28-31,33-35H2,1-13H3/b23-16+,27-25+,39-22+,40-32+. The zero-order valence-corrected chi connectivity index (χ0v) is 39.2. The van der Waals surface area contributed by atoms with Crippen molar-refractivity contribution >= 4 is 11.8 Å². The van der Waals surface area contributed by atoms with Crippen molar-refractivity contribution in [2.24, 2.45) is 29.1 Å². The number of hydrogen-bond donors (Lipinski definition) is 1. The van der Waals surface area contributed by atoms with E-state index in [1.54, 1.807) is 6.08 Å². The quantitative estimate of drug-likeness (QED) is 0.0718. The SMILES string of the molecule is CC1=C(/C=C/C(C)=C/C=C/C(C)=C/CO)C(C)(C)C(C(=O)CCC(=O)Oc2c(C)c(C)c3c(c2C)CCC(C)(CCCC(C)CCCC(C)CCCC(C)C)O3)CC1. The molecule has 0 bridgehead atoms. The maximum atomic E-state index is 13.8. The van der Waals surface area contributed by atoms with Crippen LogP contribution < -0.4 is 9.47 Å². The summed E-state index contributed by atoms with van der Waals surface area (Å²) in [6.45, 7) is 28.5. The van der Waals surface area contributed by atoms with Crippen molar-refractivity contribution in [3.8, 4) is 11.5 Å². The van der Waals surface area contributed by atoms with Crippen LogP contribution in [0.2, 0.25) is 0 Å². The zero-order valence-electron chi connectivity index (χ0n) is 39.2. The molecule has 1 aromatic rings. The molecule has 0 saturated carbocycles. The first-order valence-corrected chi connectivity index (χ1v) is 22.9. The van der Waals surface area contributed by atoms with Gasteiger partial charge in [-0.3, -0.25) is 9.59 Å². The van der Waals surface area contributed by atoms with Crippen LogP contribution >= 0.6 is 0 Å². The Morgan fingerprint density at radius 2 is 1.47 bits per heavy atom. The number of benzene rings is 1. The summed E-state index contributed by atoms with van der Waals surface area (Å²) in [5, 5.41) is 9.08. The molecule has 2 aliphatic rings. The second-order valence-corrected chi connectivity index (χ2v) is 19.6. The van der Waals surface area contributed by atoms with Gasteiger partial charge in [0.05, 0.1) is 13.0 Å². The van der Waals surface area contributed by atoms with Crippen molar-refractivity contribution in [2.75, 3.05) is 6.61 Å². The van der Waals surface area contributed by atoms with Crippen molar-refractivity contribution in [1.29, 1.82) is 0 Å². The van der Waals surface area contributed by atoms with E-state index in [2.05, 4.69) is 88.3 Å². The maximum Gasteiger partial charge on any atom is 0.311 e. The van der Waals surface area contributed by atoms with Crippen LogP contribution in [0.25, 0.3) is 0 Å². The highest BCUT2D eigenvalue weighted by Gasteiger charge is 2.40. The predicted molar refractivity (Wildman–Crippen MR) is 245 cm³/mol. The molecule has 0 saturated heterocycles. The number of ketones is 1. The van der Waals surface area contributed by atoms with Gasteiger partial charge in [-0.15, -0.1) is 0 Å². The van der Waals surface area contributed by atoms with Gasteiger partial charge in [0.25, 0.3) is 0 Å². The molecule has 5 heteroatoms. The van der Waals surface area contributed by atoms with Crippen LogP contribution in [0.1, 0.15) is 181 Å². The number of fused-ring (bicyclic) bond motifs is 1. The van der Waals surface area contributed by atoms with Gasteiger partial charge in [-0.1, -0.05) is 140 Å². The molecule has 58 heavy (non-hydrogen) atoms. The van der Waals surface area contributed by atoms with E-state index in [1.165, 1.54) is 62.5 Å². The van der Waals surface area contributed by atoms with E-state index in [4.69, 9.17) is 14.6 Å². The van der Waals surface area contributed by atoms with E-state index < -0.39 is 0 Å². The molecular weight excluding hydrogens is 717 g/mol. The molecule has 1 aromatic carbocycles. The molecular formula is C53H82O5. The van der Waals surface area contributed by atoms with Gasteiger partial charge in [-0.05, 0) is 132 Å². The van der Waals surface area contributed by atoms with E-state index in [0.717, 1.165) is 89.0 Å². The second-order valence-electron chi connectivity index (χ2n) is 19.6. The van der Waals surface area contributed by atoms with Crippen LogP contribution in [-0.4, -0.2) is 29.1 Å². The summed E-state index contributed by atoms with van der Waals surface area (Å²) in [4.78, 5) is 27.2. The van der Waals surface area contributed by atoms with Gasteiger partial charge in [-0.2, -0.15) is 0 Å². The number of carbonyl (C=O) groups excluding carboxylic acids is 2. The lowest BCUT2D eigenvalue weighted by Gasteiger charge is -2.40. The molecule has 4 unspecified atom stereocenters. The second kappa shape index (κ2) is 23.0. The van der Waals surface area contributed by atoms with Crippen LogP contribution in [0, 0.1) is 49.9 Å². The minimum Gasteiger partial charge on any atom is -0.487 e. The summed E-state index contributed by atoms with van der Waals surface area (Å²) in [5.74, 6) is 3.61. The number of rotatable bonds is 22. The molecule has 324 valence electrons. The summed E-state index contributed by atoms with van der Waals surface area (Å²) >= 11 is 0. The Balaban J connectivity index is 1.55. The molecule has 4 atom stereocenters. The number of esters is 1. The van der Waals surface area contributed by atoms with Crippen LogP contribution in [0.4, 0.5) is 0 Å². The van der Waals surface area contributed by atoms with Gasteiger partial charge in [-0.25, -0.2) is 0 Å². The predicted octanol–water partition coefficient (Wildman–Crippen LogP) is 14.1. The Labute approximate surface area is 354 Å². The number of allylic oxidation sites excluding steroid dienone is 9. The molecule has 5 nitrogen and oxygen atoms in total. The van der Waals surface area contributed by atoms with Gasteiger partial charge in [0, 0.05) is 17.9 Å². The molecule has 0 fully saturated rings. The number of hydrogen-bond acceptors (Lipinski definition) is 5. The van der Waals surface area contributed by atoms with Gasteiger partial charge >= 0.3 is 5.97 Å². The Morgan fingerprint density at radius 1 is 0.828 bits per heavy atom. The molecule has 0 radical (unpaired) electrons. The number of ether oxygens (including phenoxy) is 2. The number of carbonyl (C=O) groups is 2. The first-order valence-electron chi connectivity index (χ1n) is 22.9. The minimum absolute atomic E-state index is 0.0318. The van der Waals surface area contributed by atoms with Crippen LogP contribution in [-0.2, 0) is 16.0 Å². The topological polar surface area (TPSA) is 72.8 Å². The van der Waals surface area contributed by atoms with E-state index in [1.807, 2.05) is 32.1 Å². The van der Waals surface area contributed by atoms with Crippen LogP contribution in [0.3, 0.4) is 0 Å². The van der Waals surface area contributed by atoms with Crippen molar-refractivity contribution in [3.05, 3.63) is 81.0 Å². The normalized spacial score (nSPS) is 21.1. The Kier molecular flexibility index (Phi) is 19.5. The third-order valence-corrected chi connectivity index (χ3v) is 13.5. The zero-order chi connectivity index (χ0) is 43.2. The van der Waals surface area contributed by atoms with Crippen LogP contribution in [0.5, 0.6) is 11.5 Å². The fourth-order valence-corrected chi connectivity index (χ4v) is 9.33. The first-order chi connectivity index (χ1) is 27.3. The highest BCUT2D eigenvalue weighted by atomic mass is 16.5. The molecule has 1 heterocycles. The summed E-state index contributed by atoms with van der Waals surface area (Å²) in [6.07, 6.45) is 27.4. The third-order valence-electron chi connectivity index (χ3n) is 13.5. The van der Waals surface area contributed by atoms with Crippen molar-refractivity contribution in [1.82, 2.24) is 0 Å². The molecule has 1 aliphatic heterocycles. The fourth-order valence-electron chi connectivity index (χ4n) is 9.33. The van der Waals surface area contributed by atoms with Gasteiger partial charge in [0.2, 0.25) is 0 Å². The lowest BCUT2D eigenvalue weighted by atomic mass is 9.63. The Bertz CT molecular complexity index is 1700. The van der Waals surface area contributed by atoms with E-state index in [0.29, 0.717) is 5.75 Å². The Hall–Kier alpha value is -3.18. The Morgan fingerprint density at radius 3 is 2.10 bits per heavy atom. The van der Waals surface area contributed by atoms with Crippen LogP contribution in [0.15, 0.2) is 58.7 Å². The summed E-state index contributed by atoms with van der Waals surface area (Å²) in [6, 6.07) is 0. The largest absolute Gasteiger partial charge is 0.487 e. The monoisotopic (exact) mass is 799 g/mol. The average molecular weight is 799 g/mol. The smallest absolute Gasteiger partial charge is 0.311 e.